The van der Waals surface area contributed by atoms with Crippen molar-refractivity contribution >= 4 is 13.7 Å². The van der Waals surface area contributed by atoms with Crippen molar-refractivity contribution in [1.82, 2.24) is 5.32 Å². The number of quaternary nitrogens is 1. The first-order valence-corrected chi connectivity index (χ1v) is 31.0. The van der Waals surface area contributed by atoms with Gasteiger partial charge in [0.05, 0.1) is 39.9 Å². The second kappa shape index (κ2) is 51.4. The fourth-order valence-corrected chi connectivity index (χ4v) is 9.34. The Hall–Kier alpha value is -1.54. The lowest BCUT2D eigenvalue weighted by Crippen LogP contribution is -2.45. The summed E-state index contributed by atoms with van der Waals surface area (Å²) in [4.78, 5) is 23.3. The van der Waals surface area contributed by atoms with E-state index in [4.69, 9.17) is 9.05 Å². The van der Waals surface area contributed by atoms with Crippen LogP contribution >= 0.6 is 7.82 Å². The Morgan fingerprint density at radius 3 is 1.16 bits per heavy atom. The lowest BCUT2D eigenvalue weighted by molar-refractivity contribution is -0.870. The molecule has 0 heterocycles. The summed E-state index contributed by atoms with van der Waals surface area (Å²) in [5.41, 5.74) is 0. The lowest BCUT2D eigenvalue weighted by atomic mass is 10.0. The number of rotatable bonds is 54. The van der Waals surface area contributed by atoms with Crippen LogP contribution in [0.15, 0.2) is 48.6 Å². The van der Waals surface area contributed by atoms with E-state index in [1.165, 1.54) is 212 Å². The normalized spacial score (nSPS) is 14.2. The molecule has 69 heavy (non-hydrogen) atoms. The fraction of sp³-hybridized carbons (Fsp3) is 0.850. The molecule has 0 saturated heterocycles. The van der Waals surface area contributed by atoms with Crippen LogP contribution in [0.3, 0.4) is 0 Å². The van der Waals surface area contributed by atoms with Crippen LogP contribution in [0.5, 0.6) is 0 Å². The molecule has 0 fully saturated rings. The molecule has 3 unspecified atom stereocenters. The van der Waals surface area contributed by atoms with Crippen LogP contribution in [-0.4, -0.2) is 73.4 Å². The van der Waals surface area contributed by atoms with Crippen LogP contribution < -0.4 is 5.32 Å². The minimum absolute atomic E-state index is 0.0535. The van der Waals surface area contributed by atoms with Crippen LogP contribution in [0.2, 0.25) is 0 Å². The molecular formula is C60H116N2O6P+. The number of allylic oxidation sites excluding steroid dienone is 7. The molecule has 3 N–H and O–H groups in total. The number of hydrogen-bond acceptors (Lipinski definition) is 5. The van der Waals surface area contributed by atoms with E-state index in [0.717, 1.165) is 44.9 Å². The molecule has 0 saturated carbocycles. The molecule has 0 aliphatic carbocycles. The van der Waals surface area contributed by atoms with E-state index in [1.807, 2.05) is 27.2 Å². The van der Waals surface area contributed by atoms with E-state index in [1.54, 1.807) is 6.08 Å². The predicted molar refractivity (Wildman–Crippen MR) is 300 cm³/mol. The highest BCUT2D eigenvalue weighted by atomic mass is 31.2. The lowest BCUT2D eigenvalue weighted by Gasteiger charge is -2.25. The maximum absolute atomic E-state index is 13.0. The molecule has 0 spiro atoms. The van der Waals surface area contributed by atoms with Gasteiger partial charge in [-0.3, -0.25) is 13.8 Å². The Kier molecular flexibility index (Phi) is 50.2. The molecule has 0 aliphatic rings. The minimum Gasteiger partial charge on any atom is -0.387 e. The highest BCUT2D eigenvalue weighted by molar-refractivity contribution is 7.47. The third-order valence-corrected chi connectivity index (χ3v) is 14.2. The van der Waals surface area contributed by atoms with Crippen molar-refractivity contribution < 1.29 is 32.9 Å². The van der Waals surface area contributed by atoms with Crippen molar-refractivity contribution in [2.24, 2.45) is 0 Å². The highest BCUT2D eigenvalue weighted by Gasteiger charge is 2.27. The number of aliphatic hydroxyl groups excluding tert-OH is 1. The quantitative estimate of drug-likeness (QED) is 0.0243. The average Bonchev–Trinajstić information content (AvgIpc) is 3.31. The van der Waals surface area contributed by atoms with Gasteiger partial charge in [-0.2, -0.15) is 0 Å². The smallest absolute Gasteiger partial charge is 0.387 e. The van der Waals surface area contributed by atoms with Crippen LogP contribution in [0, 0.1) is 0 Å². The summed E-state index contributed by atoms with van der Waals surface area (Å²) < 4.78 is 23.7. The van der Waals surface area contributed by atoms with E-state index >= 15 is 0 Å². The third kappa shape index (κ3) is 54.1. The van der Waals surface area contributed by atoms with Crippen LogP contribution in [-0.2, 0) is 18.4 Å². The number of hydrogen-bond donors (Lipinski definition) is 3. The van der Waals surface area contributed by atoms with Crippen molar-refractivity contribution in [1.29, 1.82) is 0 Å². The summed E-state index contributed by atoms with van der Waals surface area (Å²) in [6.45, 7) is 4.82. The van der Waals surface area contributed by atoms with Crippen molar-refractivity contribution in [3.63, 3.8) is 0 Å². The molecule has 0 aromatic carbocycles. The molecule has 0 aromatic heterocycles. The Bertz CT molecular complexity index is 1260. The van der Waals surface area contributed by atoms with Gasteiger partial charge >= 0.3 is 7.82 Å². The van der Waals surface area contributed by atoms with E-state index in [-0.39, 0.29) is 19.1 Å². The van der Waals surface area contributed by atoms with Gasteiger partial charge in [0.1, 0.15) is 13.2 Å². The molecule has 0 aromatic rings. The zero-order valence-corrected chi connectivity index (χ0v) is 47.2. The van der Waals surface area contributed by atoms with Crippen molar-refractivity contribution in [2.75, 3.05) is 40.9 Å². The molecule has 8 nitrogen and oxygen atoms in total. The second-order valence-electron chi connectivity index (χ2n) is 21.3. The Balaban J connectivity index is 4.25. The number of aliphatic hydroxyl groups is 1. The Labute approximate surface area is 429 Å². The predicted octanol–water partition coefficient (Wildman–Crippen LogP) is 17.9. The molecule has 3 atom stereocenters. The first kappa shape index (κ1) is 67.5. The van der Waals surface area contributed by atoms with Crippen LogP contribution in [0.4, 0.5) is 0 Å². The van der Waals surface area contributed by atoms with Crippen LogP contribution in [0.1, 0.15) is 277 Å². The number of carbonyl (C=O) groups is 1. The molecular weight excluding hydrogens is 876 g/mol. The van der Waals surface area contributed by atoms with E-state index in [0.29, 0.717) is 17.4 Å². The number of likely N-dealkylation sites (N-methyl/N-ethyl adjacent to an activating group) is 1. The Morgan fingerprint density at radius 1 is 0.478 bits per heavy atom. The van der Waals surface area contributed by atoms with Crippen molar-refractivity contribution in [3.05, 3.63) is 48.6 Å². The van der Waals surface area contributed by atoms with Gasteiger partial charge in [-0.15, -0.1) is 0 Å². The minimum atomic E-state index is -4.36. The van der Waals surface area contributed by atoms with Crippen LogP contribution in [0.25, 0.3) is 0 Å². The highest BCUT2D eigenvalue weighted by Crippen LogP contribution is 2.43. The molecule has 406 valence electrons. The summed E-state index contributed by atoms with van der Waals surface area (Å²) in [6, 6.07) is -0.871. The fourth-order valence-electron chi connectivity index (χ4n) is 8.60. The van der Waals surface area contributed by atoms with Gasteiger partial charge in [-0.05, 0) is 70.6 Å². The number of carbonyl (C=O) groups excluding carboxylic acids is 1. The third-order valence-electron chi connectivity index (χ3n) is 13.2. The topological polar surface area (TPSA) is 105 Å². The summed E-state index contributed by atoms with van der Waals surface area (Å²) in [5.74, 6) is -0.189. The molecule has 0 rings (SSSR count). The van der Waals surface area contributed by atoms with Gasteiger partial charge in [-0.1, -0.05) is 249 Å². The van der Waals surface area contributed by atoms with E-state index < -0.39 is 20.0 Å². The van der Waals surface area contributed by atoms with Crippen molar-refractivity contribution in [3.8, 4) is 0 Å². The zero-order valence-electron chi connectivity index (χ0n) is 46.3. The van der Waals surface area contributed by atoms with E-state index in [2.05, 4.69) is 55.6 Å². The summed E-state index contributed by atoms with van der Waals surface area (Å²) in [7, 11) is 1.55. The van der Waals surface area contributed by atoms with Crippen molar-refractivity contribution in [2.45, 2.75) is 289 Å². The summed E-state index contributed by atoms with van der Waals surface area (Å²) in [5, 5.41) is 13.9. The molecule has 0 radical (unpaired) electrons. The second-order valence-corrected chi connectivity index (χ2v) is 22.8. The average molecular weight is 993 g/mol. The number of unbranched alkanes of at least 4 members (excludes halogenated alkanes) is 35. The zero-order chi connectivity index (χ0) is 50.6. The monoisotopic (exact) mass is 992 g/mol. The van der Waals surface area contributed by atoms with Gasteiger partial charge in [0.2, 0.25) is 5.91 Å². The SMILES string of the molecule is CCCCCCCCCC/C=C\CCCCCCCCCCCCCCCC(=O)NC(COP(=O)(O)OCC[N+](C)(C)C)C(O)/C=C/CC/C=C/CC/C=C/CCCCCCCCCCCCCC. The summed E-state index contributed by atoms with van der Waals surface area (Å²) in [6.07, 6.45) is 67.9. The first-order chi connectivity index (χ1) is 33.5. The van der Waals surface area contributed by atoms with E-state index in [9.17, 15) is 19.4 Å². The van der Waals surface area contributed by atoms with Gasteiger partial charge in [0.25, 0.3) is 0 Å². The van der Waals surface area contributed by atoms with Gasteiger partial charge < -0.3 is 19.8 Å². The number of phosphoric acid groups is 1. The number of phosphoric ester groups is 1. The largest absolute Gasteiger partial charge is 0.472 e. The maximum Gasteiger partial charge on any atom is 0.472 e. The Morgan fingerprint density at radius 2 is 0.797 bits per heavy atom. The maximum atomic E-state index is 13.0. The van der Waals surface area contributed by atoms with Gasteiger partial charge in [0.15, 0.2) is 0 Å². The molecule has 0 bridgehead atoms. The first-order valence-electron chi connectivity index (χ1n) is 29.5. The van der Waals surface area contributed by atoms with Gasteiger partial charge in [0, 0.05) is 6.42 Å². The number of amides is 1. The number of nitrogens with zero attached hydrogens (tertiary/aromatic N) is 1. The number of nitrogens with one attached hydrogen (secondary N) is 1. The molecule has 0 aliphatic heterocycles. The molecule has 9 heteroatoms. The van der Waals surface area contributed by atoms with Gasteiger partial charge in [-0.25, -0.2) is 4.57 Å². The summed E-state index contributed by atoms with van der Waals surface area (Å²) >= 11 is 0. The standard InChI is InChI=1S/C60H115N2O6P/c1-6-8-10-12-14-16-18-20-22-24-26-28-30-31-32-34-36-38-40-42-44-46-48-50-52-54-60(64)61-58(57-68-69(65,66)67-56-55-62(3,4)5)59(63)53-51-49-47-45-43-41-39-37-35-33-29-27-25-23-21-19-17-15-13-11-9-7-2/h24,26,35,37,43,45,51,53,58-59,63H,6-23,25,27-34,36,38-42,44,46-50,52,54-57H2,1-5H3,(H-,61,64,65,66)/p+1/b26-24-,37-35+,45-43+,53-51+. The molecule has 1 amide bonds.